The van der Waals surface area contributed by atoms with E-state index in [0.29, 0.717) is 10.8 Å². The lowest BCUT2D eigenvalue weighted by atomic mass is 10.1. The van der Waals surface area contributed by atoms with Gasteiger partial charge < -0.3 is 5.32 Å². The molecule has 0 aromatic carbocycles. The smallest absolute Gasteiger partial charge is 0.197 e. The molecule has 1 unspecified atom stereocenters. The summed E-state index contributed by atoms with van der Waals surface area (Å²) in [6.07, 6.45) is 3.51. The molecule has 0 radical (unpaired) electrons. The van der Waals surface area contributed by atoms with Gasteiger partial charge in [0.1, 0.15) is 6.17 Å². The van der Waals surface area contributed by atoms with E-state index in [9.17, 15) is 4.39 Å². The Morgan fingerprint density at radius 1 is 1.64 bits per heavy atom. The number of allylic oxidation sites excluding steroid dienone is 3. The highest BCUT2D eigenvalue weighted by Crippen LogP contribution is 2.13. The van der Waals surface area contributed by atoms with Gasteiger partial charge in [-0.05, 0) is 30.4 Å². The summed E-state index contributed by atoms with van der Waals surface area (Å²) in [4.78, 5) is 3.96. The van der Waals surface area contributed by atoms with Crippen LogP contribution < -0.4 is 5.32 Å². The van der Waals surface area contributed by atoms with E-state index in [-0.39, 0.29) is 0 Å². The lowest BCUT2D eigenvalue weighted by Gasteiger charge is -2.05. The van der Waals surface area contributed by atoms with E-state index in [2.05, 4.69) is 10.3 Å². The minimum atomic E-state index is -1.02. The molecule has 1 atom stereocenters. The van der Waals surface area contributed by atoms with Gasteiger partial charge in [-0.1, -0.05) is 0 Å². The molecule has 1 aliphatic heterocycles. The van der Waals surface area contributed by atoms with Crippen LogP contribution in [0.2, 0.25) is 0 Å². The number of hydrogen-bond donors (Lipinski definition) is 1. The molecule has 2 nitrogen and oxygen atoms in total. The molecule has 0 saturated carbocycles. The Balaban J connectivity index is 2.39. The van der Waals surface area contributed by atoms with Gasteiger partial charge in [0.05, 0.1) is 11.4 Å². The molecule has 0 aromatic heterocycles. The van der Waals surface area contributed by atoms with Crippen LogP contribution in [-0.2, 0) is 0 Å². The molecule has 56 valence electrons. The van der Waals surface area contributed by atoms with E-state index >= 15 is 0 Å². The van der Waals surface area contributed by atoms with E-state index in [1.807, 2.05) is 0 Å². The second-order valence-corrected chi connectivity index (χ2v) is 2.70. The first-order chi connectivity index (χ1) is 5.25. The van der Waals surface area contributed by atoms with E-state index in [0.717, 1.165) is 5.71 Å². The number of alkyl halides is 1. The maximum Gasteiger partial charge on any atom is 0.197 e. The molecule has 11 heavy (non-hydrogen) atoms. The van der Waals surface area contributed by atoms with Crippen molar-refractivity contribution in [2.24, 2.45) is 4.99 Å². The van der Waals surface area contributed by atoms with Crippen molar-refractivity contribution in [3.8, 4) is 0 Å². The van der Waals surface area contributed by atoms with Crippen LogP contribution in [0, 0.1) is 0 Å². The van der Waals surface area contributed by atoms with Crippen LogP contribution in [0.3, 0.4) is 0 Å². The van der Waals surface area contributed by atoms with Crippen LogP contribution in [0.15, 0.2) is 28.9 Å². The zero-order chi connectivity index (χ0) is 7.84. The Bertz CT molecular complexity index is 304. The number of fused-ring (bicyclic) bond motifs is 1. The second-order valence-electron chi connectivity index (χ2n) is 2.31. The molecular weight excluding hydrogens is 163 g/mol. The minimum absolute atomic E-state index is 0.407. The van der Waals surface area contributed by atoms with Gasteiger partial charge in [0.15, 0.2) is 5.11 Å². The highest BCUT2D eigenvalue weighted by atomic mass is 32.1. The van der Waals surface area contributed by atoms with Crippen LogP contribution in [0.4, 0.5) is 4.39 Å². The molecule has 0 amide bonds. The molecule has 1 heterocycles. The third kappa shape index (κ3) is 1.09. The summed E-state index contributed by atoms with van der Waals surface area (Å²) in [5, 5.41) is 3.19. The highest BCUT2D eigenvalue weighted by Gasteiger charge is 2.18. The van der Waals surface area contributed by atoms with Gasteiger partial charge in [-0.3, -0.25) is 0 Å². The minimum Gasteiger partial charge on any atom is -0.329 e. The summed E-state index contributed by atoms with van der Waals surface area (Å²) >= 11 is 4.78. The first-order valence-corrected chi connectivity index (χ1v) is 3.61. The summed E-state index contributed by atoms with van der Waals surface area (Å²) in [5.41, 5.74) is 1.41. The fourth-order valence-corrected chi connectivity index (χ4v) is 1.24. The Labute approximate surface area is 68.5 Å². The quantitative estimate of drug-likeness (QED) is 0.548. The number of nitrogens with zero attached hydrogens (tertiary/aromatic N) is 1. The molecule has 2 aliphatic rings. The van der Waals surface area contributed by atoms with Gasteiger partial charge in [0, 0.05) is 0 Å². The Hall–Kier alpha value is -1.03. The maximum absolute atomic E-state index is 12.6. The molecule has 0 fully saturated rings. The fourth-order valence-electron chi connectivity index (χ4n) is 1.03. The summed E-state index contributed by atoms with van der Waals surface area (Å²) in [5.74, 6) is 0. The lowest BCUT2D eigenvalue weighted by Crippen LogP contribution is -2.17. The zero-order valence-electron chi connectivity index (χ0n) is 5.54. The van der Waals surface area contributed by atoms with Crippen molar-refractivity contribution in [3.05, 3.63) is 23.9 Å². The van der Waals surface area contributed by atoms with E-state index in [4.69, 9.17) is 12.2 Å². The van der Waals surface area contributed by atoms with Gasteiger partial charge in [0.25, 0.3) is 0 Å². The first kappa shape index (κ1) is 6.67. The van der Waals surface area contributed by atoms with Crippen molar-refractivity contribution in [1.29, 1.82) is 0 Å². The van der Waals surface area contributed by atoms with Crippen molar-refractivity contribution in [1.82, 2.24) is 5.32 Å². The van der Waals surface area contributed by atoms with Gasteiger partial charge in [-0.15, -0.1) is 0 Å². The first-order valence-electron chi connectivity index (χ1n) is 3.20. The van der Waals surface area contributed by atoms with Crippen LogP contribution in [0.25, 0.3) is 0 Å². The molecule has 0 saturated heterocycles. The summed E-state index contributed by atoms with van der Waals surface area (Å²) in [6, 6.07) is 0. The normalized spacial score (nSPS) is 27.4. The lowest BCUT2D eigenvalue weighted by molar-refractivity contribution is 0.466. The average Bonchev–Trinajstić information content (AvgIpc) is 2.27. The maximum atomic E-state index is 12.6. The molecule has 0 bridgehead atoms. The summed E-state index contributed by atoms with van der Waals surface area (Å²) in [7, 11) is 0. The predicted molar refractivity (Wildman–Crippen MR) is 45.3 cm³/mol. The van der Waals surface area contributed by atoms with Gasteiger partial charge in [0.2, 0.25) is 0 Å². The topological polar surface area (TPSA) is 24.4 Å². The number of rotatable bonds is 0. The van der Waals surface area contributed by atoms with E-state index in [1.165, 1.54) is 12.2 Å². The third-order valence-corrected chi connectivity index (χ3v) is 1.70. The highest BCUT2D eigenvalue weighted by molar-refractivity contribution is 7.80. The predicted octanol–water partition coefficient (Wildman–Crippen LogP) is 1.11. The molecule has 4 heteroatoms. The average molecular weight is 168 g/mol. The van der Waals surface area contributed by atoms with E-state index < -0.39 is 6.17 Å². The number of thiocarbonyl (C=S) groups is 1. The molecule has 0 spiro atoms. The molecule has 2 rings (SSSR count). The second kappa shape index (κ2) is 2.23. The monoisotopic (exact) mass is 168 g/mol. The summed E-state index contributed by atoms with van der Waals surface area (Å²) < 4.78 is 12.6. The molecule has 0 aromatic rings. The van der Waals surface area contributed by atoms with Crippen molar-refractivity contribution < 1.29 is 4.39 Å². The van der Waals surface area contributed by atoms with Crippen molar-refractivity contribution in [2.75, 3.05) is 0 Å². The zero-order valence-corrected chi connectivity index (χ0v) is 6.36. The van der Waals surface area contributed by atoms with Crippen LogP contribution >= 0.6 is 12.2 Å². The molecular formula is C7H5FN2S. The third-order valence-electron chi connectivity index (χ3n) is 1.50. The number of nitrogens with one attached hydrogen (secondary N) is 1. The fraction of sp³-hybridized carbons (Fsp3) is 0.143. The van der Waals surface area contributed by atoms with Crippen molar-refractivity contribution in [3.63, 3.8) is 0 Å². The standard InChI is InChI=1S/C7H5FN2S/c8-4-1-2-5-6(3-4)10-7(11)9-5/h1-4H,(H,10,11). The Morgan fingerprint density at radius 2 is 2.45 bits per heavy atom. The van der Waals surface area contributed by atoms with Gasteiger partial charge >= 0.3 is 0 Å². The Morgan fingerprint density at radius 3 is 3.27 bits per heavy atom. The number of aliphatic imine (C=N–C) groups is 1. The van der Waals surface area contributed by atoms with Gasteiger partial charge in [-0.25, -0.2) is 9.38 Å². The van der Waals surface area contributed by atoms with Crippen LogP contribution in [0.5, 0.6) is 0 Å². The SMILES string of the molecule is FC1C=CC2=NC(=S)NC2=C1. The summed E-state index contributed by atoms with van der Waals surface area (Å²) in [6.45, 7) is 0. The number of hydrogen-bond acceptors (Lipinski definition) is 1. The van der Waals surface area contributed by atoms with Crippen LogP contribution in [-0.4, -0.2) is 17.0 Å². The Kier molecular flexibility index (Phi) is 1.35. The van der Waals surface area contributed by atoms with E-state index in [1.54, 1.807) is 6.08 Å². The molecule has 1 N–H and O–H groups in total. The molecule has 1 aliphatic carbocycles. The largest absolute Gasteiger partial charge is 0.329 e. The number of halogens is 1. The van der Waals surface area contributed by atoms with Crippen molar-refractivity contribution >= 4 is 23.0 Å². The van der Waals surface area contributed by atoms with Crippen molar-refractivity contribution in [2.45, 2.75) is 6.17 Å². The van der Waals surface area contributed by atoms with Crippen LogP contribution in [0.1, 0.15) is 0 Å². The van der Waals surface area contributed by atoms with Gasteiger partial charge in [-0.2, -0.15) is 0 Å².